The smallest absolute Gasteiger partial charge is 0.317 e. The summed E-state index contributed by atoms with van der Waals surface area (Å²) in [5.74, 6) is 1.72. The molecule has 0 aromatic heterocycles. The number of carbonyl (C=O) groups excluding carboxylic acids is 2. The van der Waals surface area contributed by atoms with Crippen molar-refractivity contribution >= 4 is 23.5 Å². The molecule has 4 nitrogen and oxygen atoms in total. The molecule has 3 aliphatic carbocycles. The second kappa shape index (κ2) is 8.06. The number of benzene rings is 1. The van der Waals surface area contributed by atoms with Crippen molar-refractivity contribution in [2.75, 3.05) is 6.61 Å². The fraction of sp³-hybridized carbons (Fsp3) is 0.652. The largest absolute Gasteiger partial charge is 0.455 e. The summed E-state index contributed by atoms with van der Waals surface area (Å²) in [5.41, 5.74) is 0.302. The molecular formula is C23H30ClNO3. The number of amides is 1. The van der Waals surface area contributed by atoms with Gasteiger partial charge in [0.05, 0.1) is 5.41 Å². The summed E-state index contributed by atoms with van der Waals surface area (Å²) in [6.45, 7) is 1.90. The number of carbonyl (C=O) groups is 2. The van der Waals surface area contributed by atoms with E-state index < -0.39 is 5.41 Å². The van der Waals surface area contributed by atoms with E-state index in [9.17, 15) is 9.59 Å². The molecule has 1 aromatic rings. The Hall–Kier alpha value is -1.55. The summed E-state index contributed by atoms with van der Waals surface area (Å²) in [6, 6.07) is 7.60. The zero-order valence-corrected chi connectivity index (χ0v) is 17.3. The first-order chi connectivity index (χ1) is 13.5. The predicted molar refractivity (Wildman–Crippen MR) is 109 cm³/mol. The molecule has 2 bridgehead atoms. The summed E-state index contributed by atoms with van der Waals surface area (Å²) < 4.78 is 5.52. The average Bonchev–Trinajstić information content (AvgIpc) is 3.43. The van der Waals surface area contributed by atoms with E-state index >= 15 is 0 Å². The summed E-state index contributed by atoms with van der Waals surface area (Å²) in [6.07, 6.45) is 8.71. The molecule has 4 atom stereocenters. The highest BCUT2D eigenvalue weighted by Gasteiger charge is 2.45. The minimum absolute atomic E-state index is 0.151. The Bertz CT molecular complexity index is 726. The molecule has 0 saturated heterocycles. The molecule has 5 heteroatoms. The van der Waals surface area contributed by atoms with Crippen molar-refractivity contribution in [1.82, 2.24) is 5.32 Å². The number of hydrogen-bond donors (Lipinski definition) is 1. The van der Waals surface area contributed by atoms with E-state index in [1.54, 1.807) is 0 Å². The van der Waals surface area contributed by atoms with Crippen molar-refractivity contribution in [3.63, 3.8) is 0 Å². The molecule has 1 aromatic carbocycles. The van der Waals surface area contributed by atoms with Gasteiger partial charge < -0.3 is 10.1 Å². The van der Waals surface area contributed by atoms with Gasteiger partial charge in [-0.25, -0.2) is 0 Å². The third kappa shape index (κ3) is 3.80. The van der Waals surface area contributed by atoms with Crippen LogP contribution in [0.25, 0.3) is 0 Å². The van der Waals surface area contributed by atoms with Gasteiger partial charge in [0.2, 0.25) is 0 Å². The molecular weight excluding hydrogens is 374 g/mol. The van der Waals surface area contributed by atoms with Crippen molar-refractivity contribution in [2.45, 2.75) is 69.7 Å². The Kier molecular flexibility index (Phi) is 5.69. The molecule has 0 spiro atoms. The zero-order chi connectivity index (χ0) is 19.7. The number of rotatable bonds is 6. The molecule has 1 N–H and O–H groups in total. The molecule has 152 valence electrons. The van der Waals surface area contributed by atoms with Gasteiger partial charge in [0.1, 0.15) is 0 Å². The Balaban J connectivity index is 1.33. The van der Waals surface area contributed by atoms with Gasteiger partial charge in [-0.2, -0.15) is 0 Å². The van der Waals surface area contributed by atoms with Crippen LogP contribution in [0, 0.1) is 17.8 Å². The van der Waals surface area contributed by atoms with E-state index in [-0.39, 0.29) is 24.5 Å². The van der Waals surface area contributed by atoms with Crippen LogP contribution in [0.1, 0.15) is 63.9 Å². The van der Waals surface area contributed by atoms with Crippen LogP contribution in [0.3, 0.4) is 0 Å². The Morgan fingerprint density at radius 3 is 2.50 bits per heavy atom. The SMILES string of the molecule is C[C@H](NC(=O)COC(=O)C1(c2ccc(Cl)cc2)CCCC1)[C@H]1C[C@@H]2CC[C@@H]1C2. The van der Waals surface area contributed by atoms with Gasteiger partial charge in [0.15, 0.2) is 6.61 Å². The highest BCUT2D eigenvalue weighted by atomic mass is 35.5. The topological polar surface area (TPSA) is 55.4 Å². The van der Waals surface area contributed by atoms with Gasteiger partial charge in [0, 0.05) is 11.1 Å². The molecule has 0 heterocycles. The Morgan fingerprint density at radius 1 is 1.18 bits per heavy atom. The maximum absolute atomic E-state index is 13.0. The zero-order valence-electron chi connectivity index (χ0n) is 16.6. The number of hydrogen-bond acceptors (Lipinski definition) is 3. The number of fused-ring (bicyclic) bond motifs is 2. The van der Waals surface area contributed by atoms with E-state index in [1.807, 2.05) is 24.3 Å². The molecule has 0 aliphatic heterocycles. The first-order valence-electron chi connectivity index (χ1n) is 10.7. The summed E-state index contributed by atoms with van der Waals surface area (Å²) in [7, 11) is 0. The lowest BCUT2D eigenvalue weighted by Crippen LogP contribution is -2.43. The predicted octanol–water partition coefficient (Wildman–Crippen LogP) is 4.64. The highest BCUT2D eigenvalue weighted by Crippen LogP contribution is 2.49. The molecule has 0 radical (unpaired) electrons. The number of halogens is 1. The molecule has 3 fully saturated rings. The lowest BCUT2D eigenvalue weighted by Gasteiger charge is -2.29. The fourth-order valence-corrected chi connectivity index (χ4v) is 6.06. The molecule has 3 aliphatic rings. The number of nitrogens with one attached hydrogen (secondary N) is 1. The molecule has 4 rings (SSSR count). The van der Waals surface area contributed by atoms with Crippen LogP contribution in [-0.2, 0) is 19.7 Å². The van der Waals surface area contributed by atoms with E-state index in [4.69, 9.17) is 16.3 Å². The standard InChI is InChI=1S/C23H30ClNO3/c1-15(20-13-16-4-5-17(20)12-16)25-21(26)14-28-22(27)23(10-2-3-11-23)18-6-8-19(24)9-7-18/h6-9,15-17,20H,2-5,10-14H2,1H3,(H,25,26)/t15-,16+,17+,20+/m0/s1. The van der Waals surface area contributed by atoms with Gasteiger partial charge in [-0.3, -0.25) is 9.59 Å². The normalized spacial score (nSPS) is 28.9. The van der Waals surface area contributed by atoms with Crippen molar-refractivity contribution in [2.24, 2.45) is 17.8 Å². The number of ether oxygens (including phenoxy) is 1. The first kappa shape index (κ1) is 19.8. The highest BCUT2D eigenvalue weighted by molar-refractivity contribution is 6.30. The Labute approximate surface area is 172 Å². The van der Waals surface area contributed by atoms with Crippen molar-refractivity contribution < 1.29 is 14.3 Å². The third-order valence-electron chi connectivity index (χ3n) is 7.40. The van der Waals surface area contributed by atoms with Crippen LogP contribution in [0.5, 0.6) is 0 Å². The first-order valence-corrected chi connectivity index (χ1v) is 11.1. The third-order valence-corrected chi connectivity index (χ3v) is 7.65. The molecule has 0 unspecified atom stereocenters. The van der Waals surface area contributed by atoms with E-state index in [0.29, 0.717) is 10.9 Å². The molecule has 28 heavy (non-hydrogen) atoms. The quantitative estimate of drug-likeness (QED) is 0.704. The fourth-order valence-electron chi connectivity index (χ4n) is 5.94. The van der Waals surface area contributed by atoms with Gasteiger partial charge in [-0.05, 0) is 74.5 Å². The minimum Gasteiger partial charge on any atom is -0.455 e. The molecule has 1 amide bonds. The lowest BCUT2D eigenvalue weighted by molar-refractivity contribution is -0.154. The molecule has 3 saturated carbocycles. The van der Waals surface area contributed by atoms with Crippen LogP contribution in [-0.4, -0.2) is 24.5 Å². The van der Waals surface area contributed by atoms with E-state index in [0.717, 1.165) is 43.1 Å². The Morgan fingerprint density at radius 2 is 1.89 bits per heavy atom. The monoisotopic (exact) mass is 403 g/mol. The van der Waals surface area contributed by atoms with Crippen molar-refractivity contribution in [3.8, 4) is 0 Å². The lowest BCUT2D eigenvalue weighted by atomic mass is 9.79. The summed E-state index contributed by atoms with van der Waals surface area (Å²) in [4.78, 5) is 25.4. The average molecular weight is 404 g/mol. The number of esters is 1. The van der Waals surface area contributed by atoms with Gasteiger partial charge >= 0.3 is 5.97 Å². The van der Waals surface area contributed by atoms with E-state index in [2.05, 4.69) is 12.2 Å². The maximum atomic E-state index is 13.0. The van der Waals surface area contributed by atoms with Crippen LogP contribution >= 0.6 is 11.6 Å². The summed E-state index contributed by atoms with van der Waals surface area (Å²) >= 11 is 6.00. The van der Waals surface area contributed by atoms with Crippen molar-refractivity contribution in [1.29, 1.82) is 0 Å². The van der Waals surface area contributed by atoms with Crippen LogP contribution in [0.4, 0.5) is 0 Å². The maximum Gasteiger partial charge on any atom is 0.317 e. The van der Waals surface area contributed by atoms with Gasteiger partial charge in [-0.15, -0.1) is 0 Å². The van der Waals surface area contributed by atoms with Crippen LogP contribution in [0.15, 0.2) is 24.3 Å². The van der Waals surface area contributed by atoms with Gasteiger partial charge in [0.25, 0.3) is 5.91 Å². The van der Waals surface area contributed by atoms with Crippen molar-refractivity contribution in [3.05, 3.63) is 34.9 Å². The second-order valence-electron chi connectivity index (χ2n) is 9.07. The van der Waals surface area contributed by atoms with E-state index in [1.165, 1.54) is 25.7 Å². The van der Waals surface area contributed by atoms with Gasteiger partial charge in [-0.1, -0.05) is 43.0 Å². The summed E-state index contributed by atoms with van der Waals surface area (Å²) in [5, 5.41) is 3.73. The van der Waals surface area contributed by atoms with Crippen LogP contribution in [0.2, 0.25) is 5.02 Å². The second-order valence-corrected chi connectivity index (χ2v) is 9.50. The minimum atomic E-state index is -0.638. The van der Waals surface area contributed by atoms with Crippen LogP contribution < -0.4 is 5.32 Å².